The van der Waals surface area contributed by atoms with Crippen molar-refractivity contribution >= 4 is 16.6 Å². The van der Waals surface area contributed by atoms with E-state index in [1.54, 1.807) is 5.57 Å². The molecule has 1 N–H and O–H groups in total. The van der Waals surface area contributed by atoms with Gasteiger partial charge in [-0.05, 0) is 141 Å². The first-order valence-electron chi connectivity index (χ1n) is 21.6. The average molecular weight is 766 g/mol. The zero-order chi connectivity index (χ0) is 39.2. The Morgan fingerprint density at radius 1 is 1.02 bits per heavy atom. The van der Waals surface area contributed by atoms with Crippen molar-refractivity contribution in [3.8, 4) is 0 Å². The molecule has 1 aromatic heterocycles. The number of nitrogens with zero attached hydrogens (tertiary/aromatic N) is 1. The number of hydrogen-bond donors (Lipinski definition) is 1. The van der Waals surface area contributed by atoms with Crippen LogP contribution in [0.25, 0.3) is 0 Å². The molecule has 4 aliphatic carbocycles. The number of aliphatic hydroxyl groups is 1. The summed E-state index contributed by atoms with van der Waals surface area (Å²) in [7, 11) is -4.46. The molecule has 5 rings (SSSR count). The van der Waals surface area contributed by atoms with E-state index in [4.69, 9.17) is 24.8 Å². The molecule has 7 atom stereocenters. The molecule has 0 amide bonds. The van der Waals surface area contributed by atoms with E-state index in [0.717, 1.165) is 49.4 Å². The fraction of sp³-hybridized carbons (Fsp3) is 0.804. The van der Waals surface area contributed by atoms with Gasteiger partial charge in [-0.3, -0.25) is 0 Å². The van der Waals surface area contributed by atoms with E-state index in [1.807, 2.05) is 6.20 Å². The lowest BCUT2D eigenvalue weighted by Gasteiger charge is -2.50. The molecule has 0 unspecified atom stereocenters. The van der Waals surface area contributed by atoms with E-state index in [9.17, 15) is 5.11 Å². The molecule has 1 aromatic rings. The number of oxazole rings is 1. The van der Waals surface area contributed by atoms with Crippen LogP contribution < -0.4 is 0 Å². The molecule has 0 saturated heterocycles. The molecule has 4 aliphatic rings. The van der Waals surface area contributed by atoms with Gasteiger partial charge in [-0.25, -0.2) is 4.98 Å². The van der Waals surface area contributed by atoms with Gasteiger partial charge in [0, 0.05) is 19.3 Å². The second-order valence-corrected chi connectivity index (χ2v) is 30.8. The quantitative estimate of drug-likeness (QED) is 0.191. The Morgan fingerprint density at radius 3 is 2.32 bits per heavy atom. The number of hydrogen-bond acceptors (Lipinski definition) is 5. The summed E-state index contributed by atoms with van der Waals surface area (Å²) in [4.78, 5) is 5.03. The number of rotatable bonds is 14. The van der Waals surface area contributed by atoms with Crippen molar-refractivity contribution in [3.05, 3.63) is 53.3 Å². The first-order valence-corrected chi connectivity index (χ1v) is 27.5. The maximum absolute atomic E-state index is 10.7. The van der Waals surface area contributed by atoms with Gasteiger partial charge < -0.3 is 18.4 Å². The number of fused-ring (bicyclic) bond motifs is 1. The van der Waals surface area contributed by atoms with Crippen LogP contribution in [0.4, 0.5) is 0 Å². The summed E-state index contributed by atoms with van der Waals surface area (Å²) in [5.41, 5.74) is 3.54. The van der Waals surface area contributed by atoms with Crippen molar-refractivity contribution in [2.75, 3.05) is 0 Å². The van der Waals surface area contributed by atoms with Gasteiger partial charge in [0.25, 0.3) is 0 Å². The minimum absolute atomic E-state index is 0.0203. The highest BCUT2D eigenvalue weighted by atomic mass is 28.4. The van der Waals surface area contributed by atoms with Crippen LogP contribution in [0.1, 0.15) is 157 Å². The van der Waals surface area contributed by atoms with Crippen molar-refractivity contribution in [1.82, 2.24) is 4.98 Å². The SMILES string of the molecule is C=C1/C(=C\C=C2/CCC[C@]3(C)[C@@H]([C@H](C)CC[C@H](O)C4CC4)CC[C@@H]23)C[C@](O[Si](C)(C)C(C)(C)C)(c2ncc(CCCC)o2)C[C@H]1O[Si](C)(C)C(C)(C)C. The van der Waals surface area contributed by atoms with Gasteiger partial charge >= 0.3 is 0 Å². The highest BCUT2D eigenvalue weighted by Crippen LogP contribution is 2.60. The summed E-state index contributed by atoms with van der Waals surface area (Å²) in [5.74, 6) is 4.23. The van der Waals surface area contributed by atoms with Crippen molar-refractivity contribution < 1.29 is 18.4 Å². The van der Waals surface area contributed by atoms with E-state index < -0.39 is 22.2 Å². The van der Waals surface area contributed by atoms with Crippen LogP contribution in [0.5, 0.6) is 0 Å². The maximum atomic E-state index is 10.7. The van der Waals surface area contributed by atoms with Crippen LogP contribution in [-0.4, -0.2) is 38.9 Å². The Bertz CT molecular complexity index is 1490. The number of unbranched alkanes of at least 4 members (excludes halogenated alkanes) is 1. The minimum atomic E-state index is -2.29. The van der Waals surface area contributed by atoms with Gasteiger partial charge in [-0.15, -0.1) is 0 Å². The van der Waals surface area contributed by atoms with Gasteiger partial charge in [-0.1, -0.05) is 93.0 Å². The highest BCUT2D eigenvalue weighted by molar-refractivity contribution is 6.74. The molecule has 4 fully saturated rings. The Kier molecular flexibility index (Phi) is 12.9. The zero-order valence-electron chi connectivity index (χ0n) is 36.4. The number of aryl methyl sites for hydroxylation is 1. The summed E-state index contributed by atoms with van der Waals surface area (Å²) in [6, 6.07) is 0. The Hall–Kier alpha value is -1.26. The molecular weight excluding hydrogens is 687 g/mol. The van der Waals surface area contributed by atoms with E-state index in [-0.39, 0.29) is 22.3 Å². The zero-order valence-corrected chi connectivity index (χ0v) is 38.4. The maximum Gasteiger partial charge on any atom is 0.225 e. The predicted octanol–water partition coefficient (Wildman–Crippen LogP) is 13.2. The monoisotopic (exact) mass is 766 g/mol. The summed E-state index contributed by atoms with van der Waals surface area (Å²) in [5, 5.41) is 10.7. The third kappa shape index (κ3) is 9.32. The van der Waals surface area contributed by atoms with E-state index in [0.29, 0.717) is 41.9 Å². The van der Waals surface area contributed by atoms with Crippen molar-refractivity contribution in [3.63, 3.8) is 0 Å². The second-order valence-electron chi connectivity index (χ2n) is 21.4. The first-order chi connectivity index (χ1) is 24.5. The summed E-state index contributed by atoms with van der Waals surface area (Å²) in [6.45, 7) is 35.5. The van der Waals surface area contributed by atoms with Crippen LogP contribution in [0.3, 0.4) is 0 Å². The smallest absolute Gasteiger partial charge is 0.225 e. The van der Waals surface area contributed by atoms with Crippen LogP contribution in [0.15, 0.2) is 46.1 Å². The lowest BCUT2D eigenvalue weighted by molar-refractivity contribution is -0.0234. The Labute approximate surface area is 327 Å². The van der Waals surface area contributed by atoms with Crippen LogP contribution >= 0.6 is 0 Å². The second kappa shape index (κ2) is 15.9. The summed E-state index contributed by atoms with van der Waals surface area (Å²) >= 11 is 0. The van der Waals surface area contributed by atoms with Crippen molar-refractivity contribution in [1.29, 1.82) is 0 Å². The molecule has 0 bridgehead atoms. The van der Waals surface area contributed by atoms with E-state index in [1.165, 1.54) is 50.5 Å². The fourth-order valence-corrected chi connectivity index (χ4v) is 12.4. The van der Waals surface area contributed by atoms with E-state index in [2.05, 4.69) is 101 Å². The topological polar surface area (TPSA) is 64.7 Å². The normalized spacial score (nSPS) is 31.7. The highest BCUT2D eigenvalue weighted by Gasteiger charge is 2.54. The number of aliphatic hydroxyl groups excluding tert-OH is 1. The molecule has 4 saturated carbocycles. The van der Waals surface area contributed by atoms with Crippen LogP contribution in [0, 0.1) is 29.1 Å². The molecule has 0 aromatic carbocycles. The molecule has 5 nitrogen and oxygen atoms in total. The molecule has 1 heterocycles. The van der Waals surface area contributed by atoms with E-state index >= 15 is 0 Å². The van der Waals surface area contributed by atoms with Crippen molar-refractivity contribution in [2.24, 2.45) is 29.1 Å². The average Bonchev–Trinajstić information content (AvgIpc) is 3.68. The standard InChI is InChI=1S/C46H79NO4Si2/c1-15-16-19-37-31-47-42(49-37)46(51-53(13,14)44(7,8)9)29-36(33(3)41(30-46)50-52(11,12)43(4,5)6)24-21-34-18-17-28-45(10)38(25-26-39(34)45)32(2)20-27-40(48)35-22-23-35/h21,24,31-32,35,38-41,48H,3,15-20,22-23,25-30H2,1-2,4-14H3/b34-21+,36-24-/t32-,38-,39+,40+,41-,45-,46-/m1/s1. The van der Waals surface area contributed by atoms with Gasteiger partial charge in [0.2, 0.25) is 5.89 Å². The molecule has 0 aliphatic heterocycles. The lowest BCUT2D eigenvalue weighted by Crippen LogP contribution is -2.53. The lowest BCUT2D eigenvalue weighted by atomic mass is 9.60. The van der Waals surface area contributed by atoms with Gasteiger partial charge in [0.15, 0.2) is 16.6 Å². The molecule has 300 valence electrons. The van der Waals surface area contributed by atoms with Gasteiger partial charge in [-0.2, -0.15) is 0 Å². The first kappa shape index (κ1) is 42.9. The number of aromatic nitrogens is 1. The largest absolute Gasteiger partial charge is 0.443 e. The van der Waals surface area contributed by atoms with Crippen LogP contribution in [0.2, 0.25) is 36.3 Å². The van der Waals surface area contributed by atoms with Crippen LogP contribution in [-0.2, 0) is 20.9 Å². The molecule has 0 spiro atoms. The molecule has 0 radical (unpaired) electrons. The third-order valence-corrected chi connectivity index (χ3v) is 24.3. The van der Waals surface area contributed by atoms with Gasteiger partial charge in [0.1, 0.15) is 11.4 Å². The minimum Gasteiger partial charge on any atom is -0.443 e. The predicted molar refractivity (Wildman–Crippen MR) is 227 cm³/mol. The summed E-state index contributed by atoms with van der Waals surface area (Å²) in [6.07, 6.45) is 22.0. The fourth-order valence-electron chi connectivity index (χ4n) is 9.62. The third-order valence-electron chi connectivity index (χ3n) is 15.3. The van der Waals surface area contributed by atoms with Gasteiger partial charge in [0.05, 0.1) is 18.4 Å². The molecule has 53 heavy (non-hydrogen) atoms. The number of allylic oxidation sites excluding steroid dienone is 3. The summed E-state index contributed by atoms with van der Waals surface area (Å²) < 4.78 is 21.7. The Balaban J connectivity index is 1.52. The molecular formula is C46H79NO4Si2. The Morgan fingerprint density at radius 2 is 1.70 bits per heavy atom. The molecule has 7 heteroatoms. The van der Waals surface area contributed by atoms with Crippen molar-refractivity contribution in [2.45, 2.75) is 206 Å².